The van der Waals surface area contributed by atoms with Gasteiger partial charge in [-0.1, -0.05) is 30.3 Å². The lowest BCUT2D eigenvalue weighted by Gasteiger charge is -2.26. The Balaban J connectivity index is 1.89. The maximum atomic E-state index is 12.7. The molecule has 0 unspecified atom stereocenters. The molecule has 6 heteroatoms. The van der Waals surface area contributed by atoms with E-state index in [1.165, 1.54) is 36.9 Å². The number of hydrogen-bond acceptors (Lipinski definition) is 4. The number of carbonyl (C=O) groups is 1. The van der Waals surface area contributed by atoms with Crippen LogP contribution in [0.25, 0.3) is 0 Å². The molecule has 0 amide bonds. The van der Waals surface area contributed by atoms with E-state index in [4.69, 9.17) is 0 Å². The van der Waals surface area contributed by atoms with Gasteiger partial charge in [0, 0.05) is 6.04 Å². The third kappa shape index (κ3) is 3.34. The van der Waals surface area contributed by atoms with Gasteiger partial charge >= 0.3 is 5.97 Å². The van der Waals surface area contributed by atoms with E-state index >= 15 is 0 Å². The van der Waals surface area contributed by atoms with Crippen LogP contribution in [0.1, 0.15) is 40.4 Å². The van der Waals surface area contributed by atoms with E-state index in [-0.39, 0.29) is 16.5 Å². The Morgan fingerprint density at radius 2 is 1.96 bits per heavy atom. The Kier molecular flexibility index (Phi) is 4.69. The minimum Gasteiger partial charge on any atom is -0.465 e. The van der Waals surface area contributed by atoms with Gasteiger partial charge in [-0.2, -0.15) is 0 Å². The summed E-state index contributed by atoms with van der Waals surface area (Å²) in [7, 11) is -2.46. The minimum absolute atomic E-state index is 0.0634. The molecule has 0 aliphatic heterocycles. The van der Waals surface area contributed by atoms with Gasteiger partial charge in [0.15, 0.2) is 0 Å². The second kappa shape index (κ2) is 6.75. The molecule has 126 valence electrons. The number of rotatable bonds is 4. The van der Waals surface area contributed by atoms with Crippen LogP contribution in [0.5, 0.6) is 0 Å². The van der Waals surface area contributed by atoms with Crippen molar-refractivity contribution in [2.75, 3.05) is 7.11 Å². The number of methoxy groups -OCH3 is 1. The lowest BCUT2D eigenvalue weighted by atomic mass is 9.88. The van der Waals surface area contributed by atoms with Crippen molar-refractivity contribution < 1.29 is 17.9 Å². The van der Waals surface area contributed by atoms with E-state index in [9.17, 15) is 13.2 Å². The molecule has 0 spiro atoms. The molecule has 2 aromatic rings. The van der Waals surface area contributed by atoms with Gasteiger partial charge in [-0.3, -0.25) is 0 Å². The summed E-state index contributed by atoms with van der Waals surface area (Å²) in [5, 5.41) is 0. The van der Waals surface area contributed by atoms with E-state index in [0.717, 1.165) is 24.8 Å². The van der Waals surface area contributed by atoms with Crippen LogP contribution < -0.4 is 4.72 Å². The molecular formula is C18H19NO4S. The highest BCUT2D eigenvalue weighted by molar-refractivity contribution is 7.89. The first kappa shape index (κ1) is 16.7. The van der Waals surface area contributed by atoms with Crippen LogP contribution in [0.2, 0.25) is 0 Å². The molecule has 3 rings (SSSR count). The molecule has 0 radical (unpaired) electrons. The first-order chi connectivity index (χ1) is 11.5. The van der Waals surface area contributed by atoms with E-state index in [1.807, 2.05) is 24.3 Å². The van der Waals surface area contributed by atoms with Crippen molar-refractivity contribution in [2.24, 2.45) is 0 Å². The largest absolute Gasteiger partial charge is 0.465 e. The van der Waals surface area contributed by atoms with Gasteiger partial charge in [0.05, 0.1) is 17.6 Å². The molecule has 24 heavy (non-hydrogen) atoms. The SMILES string of the molecule is COC(=O)c1cccc(S(=O)(=O)N[C@@H]2CCCc3ccccc32)c1. The Hall–Kier alpha value is -2.18. The molecule has 0 bridgehead atoms. The molecule has 0 aromatic heterocycles. The van der Waals surface area contributed by atoms with Crippen LogP contribution in [-0.4, -0.2) is 21.5 Å². The van der Waals surface area contributed by atoms with Gasteiger partial charge in [0.2, 0.25) is 10.0 Å². The average molecular weight is 345 g/mol. The van der Waals surface area contributed by atoms with Gasteiger partial charge in [-0.25, -0.2) is 17.9 Å². The number of carbonyl (C=O) groups excluding carboxylic acids is 1. The summed E-state index contributed by atoms with van der Waals surface area (Å²) in [6.07, 6.45) is 2.66. The van der Waals surface area contributed by atoms with E-state index in [2.05, 4.69) is 9.46 Å². The normalized spacial score (nSPS) is 17.1. The van der Waals surface area contributed by atoms with Crippen molar-refractivity contribution in [3.05, 3.63) is 65.2 Å². The fourth-order valence-electron chi connectivity index (χ4n) is 3.04. The zero-order chi connectivity index (χ0) is 17.2. The summed E-state index contributed by atoms with van der Waals surface area (Å²) in [6.45, 7) is 0. The number of hydrogen-bond donors (Lipinski definition) is 1. The van der Waals surface area contributed by atoms with Crippen LogP contribution in [0, 0.1) is 0 Å². The average Bonchev–Trinajstić information content (AvgIpc) is 2.61. The molecule has 1 aliphatic carbocycles. The predicted molar refractivity (Wildman–Crippen MR) is 90.2 cm³/mol. The smallest absolute Gasteiger partial charge is 0.337 e. The molecule has 5 nitrogen and oxygen atoms in total. The Morgan fingerprint density at radius 3 is 2.75 bits per heavy atom. The van der Waals surface area contributed by atoms with Crippen LogP contribution >= 0.6 is 0 Å². The lowest BCUT2D eigenvalue weighted by molar-refractivity contribution is 0.0600. The van der Waals surface area contributed by atoms with Crippen molar-refractivity contribution in [3.8, 4) is 0 Å². The van der Waals surface area contributed by atoms with Gasteiger partial charge in [0.1, 0.15) is 0 Å². The minimum atomic E-state index is -3.72. The standard InChI is InChI=1S/C18H19NO4S/c1-23-18(20)14-8-4-9-15(12-14)24(21,22)19-17-11-5-7-13-6-2-3-10-16(13)17/h2-4,6,8-10,12,17,19H,5,7,11H2,1H3/t17-/m1/s1. The Morgan fingerprint density at radius 1 is 1.17 bits per heavy atom. The zero-order valence-electron chi connectivity index (χ0n) is 13.4. The van der Waals surface area contributed by atoms with Crippen molar-refractivity contribution in [1.29, 1.82) is 0 Å². The number of ether oxygens (including phenoxy) is 1. The highest BCUT2D eigenvalue weighted by Gasteiger charge is 2.26. The maximum absolute atomic E-state index is 12.7. The highest BCUT2D eigenvalue weighted by atomic mass is 32.2. The van der Waals surface area contributed by atoms with Crippen LogP contribution in [0.4, 0.5) is 0 Å². The van der Waals surface area contributed by atoms with Gasteiger partial charge in [0.25, 0.3) is 0 Å². The summed E-state index contributed by atoms with van der Waals surface area (Å²) in [6, 6.07) is 13.5. The number of aryl methyl sites for hydroxylation is 1. The summed E-state index contributed by atoms with van der Waals surface area (Å²) in [4.78, 5) is 11.7. The van der Waals surface area contributed by atoms with Gasteiger partial charge in [-0.15, -0.1) is 0 Å². The lowest BCUT2D eigenvalue weighted by Crippen LogP contribution is -2.31. The molecule has 2 aromatic carbocycles. The first-order valence-electron chi connectivity index (χ1n) is 7.80. The molecular weight excluding hydrogens is 326 g/mol. The van der Waals surface area contributed by atoms with Gasteiger partial charge in [-0.05, 0) is 48.6 Å². The molecule has 0 fully saturated rings. The van der Waals surface area contributed by atoms with Crippen LogP contribution in [0.3, 0.4) is 0 Å². The fourth-order valence-corrected chi connectivity index (χ4v) is 4.34. The number of benzene rings is 2. The van der Waals surface area contributed by atoms with Crippen LogP contribution in [0.15, 0.2) is 53.4 Å². The summed E-state index contributed by atoms with van der Waals surface area (Å²) in [5.41, 5.74) is 2.42. The third-order valence-corrected chi connectivity index (χ3v) is 5.70. The Labute approximate surface area is 141 Å². The molecule has 1 N–H and O–H groups in total. The monoisotopic (exact) mass is 345 g/mol. The second-order valence-electron chi connectivity index (χ2n) is 5.78. The van der Waals surface area contributed by atoms with Crippen LogP contribution in [-0.2, 0) is 21.2 Å². The topological polar surface area (TPSA) is 72.5 Å². The van der Waals surface area contributed by atoms with Crippen molar-refractivity contribution in [3.63, 3.8) is 0 Å². The summed E-state index contributed by atoms with van der Waals surface area (Å²) in [5.74, 6) is -0.560. The van der Waals surface area contributed by atoms with Crippen molar-refractivity contribution in [1.82, 2.24) is 4.72 Å². The number of esters is 1. The highest BCUT2D eigenvalue weighted by Crippen LogP contribution is 2.30. The fraction of sp³-hybridized carbons (Fsp3) is 0.278. The molecule has 0 saturated carbocycles. The summed E-state index contributed by atoms with van der Waals surface area (Å²) >= 11 is 0. The summed E-state index contributed by atoms with van der Waals surface area (Å²) < 4.78 is 32.8. The third-order valence-electron chi connectivity index (χ3n) is 4.23. The second-order valence-corrected chi connectivity index (χ2v) is 7.50. The first-order valence-corrected chi connectivity index (χ1v) is 9.28. The van der Waals surface area contributed by atoms with E-state index in [0.29, 0.717) is 0 Å². The number of nitrogens with one attached hydrogen (secondary N) is 1. The van der Waals surface area contributed by atoms with Crippen molar-refractivity contribution >= 4 is 16.0 Å². The van der Waals surface area contributed by atoms with Gasteiger partial charge < -0.3 is 4.74 Å². The number of sulfonamides is 1. The van der Waals surface area contributed by atoms with Crippen molar-refractivity contribution in [2.45, 2.75) is 30.2 Å². The molecule has 1 aliphatic rings. The van der Waals surface area contributed by atoms with E-state index in [1.54, 1.807) is 0 Å². The predicted octanol–water partition coefficient (Wildman–Crippen LogP) is 2.83. The molecule has 0 saturated heterocycles. The quantitative estimate of drug-likeness (QED) is 0.865. The maximum Gasteiger partial charge on any atom is 0.337 e. The zero-order valence-corrected chi connectivity index (χ0v) is 14.2. The molecule has 0 heterocycles. The van der Waals surface area contributed by atoms with E-state index < -0.39 is 16.0 Å². The Bertz CT molecular complexity index is 861. The number of fused-ring (bicyclic) bond motifs is 1. The molecule has 1 atom stereocenters.